The van der Waals surface area contributed by atoms with E-state index in [4.69, 9.17) is 39.0 Å². The highest BCUT2D eigenvalue weighted by atomic mass is 31.2. The highest BCUT2D eigenvalue weighted by molar-refractivity contribution is 7.47. The van der Waals surface area contributed by atoms with E-state index in [0.29, 0.717) is 0 Å². The largest absolute Gasteiger partial charge is 0.473 e. The molecule has 11 atom stereocenters. The fourth-order valence-corrected chi connectivity index (χ4v) is 7.69. The van der Waals surface area contributed by atoms with Crippen LogP contribution in [0.2, 0.25) is 0 Å². The number of aliphatic hydroxyl groups excluding tert-OH is 1. The molecule has 0 spiro atoms. The summed E-state index contributed by atoms with van der Waals surface area (Å²) in [6, 6.07) is 1.49. The number of halogens is 1. The minimum absolute atomic E-state index is 0.157. The minimum atomic E-state index is -5.22. The molecular weight excluding hydrogens is 663 g/mol. The Morgan fingerprint density at radius 2 is 1.63 bits per heavy atom. The van der Waals surface area contributed by atoms with E-state index in [1.807, 2.05) is 0 Å². The summed E-state index contributed by atoms with van der Waals surface area (Å²) < 4.78 is 77.3. The molecule has 21 nitrogen and oxygen atoms in total. The predicted octanol–water partition coefficient (Wildman–Crippen LogP) is -0.371. The highest BCUT2D eigenvalue weighted by Crippen LogP contribution is 2.55. The van der Waals surface area contributed by atoms with E-state index in [9.17, 15) is 28.8 Å². The quantitative estimate of drug-likeness (QED) is 0.146. The molecule has 0 radical (unpaired) electrons. The standard InChI is InChI=1S/C22H26FN9O12P2/c1-7-14-13(33)16(21(41-14)31-5-27-11-8(24)2-3-26-17(11)31)44-45(35,36)39-4-9-10(23)15(43-46(37,38)42-7)20(40-9)32-6-28-12-18(32)29-22(25)30-19(12)34/h2-3,5-7,9-10,13-16,20-21,33H,4H2,1H3,(H2,24,26)(H,35,36)(H,37,38)(H3,25,29,30,34)/t7-,9-,10-,13-,14-,15-,16-,20-,21-/m1/s1. The van der Waals surface area contributed by atoms with Gasteiger partial charge in [-0.25, -0.2) is 28.5 Å². The normalized spacial score (nSPS) is 38.8. The molecule has 7 rings (SSSR count). The first-order valence-corrected chi connectivity index (χ1v) is 16.5. The average Bonchev–Trinajstić information content (AvgIpc) is 3.73. The molecule has 24 heteroatoms. The second-order valence-corrected chi connectivity index (χ2v) is 13.4. The Balaban J connectivity index is 1.25. The SMILES string of the molecule is C[C@H]1OP(=O)(O)O[C@@H]2[C@H](F)[C@@H](COP(=O)(O)O[C@@H]3[C@H](O)[C@@H]1O[C@H]3n1cnc3c(N)ccnc31)O[C@H]2n1cnc2c(=O)[nH]c(N)nc21. The maximum Gasteiger partial charge on any atom is 0.473 e. The van der Waals surface area contributed by atoms with Crippen LogP contribution >= 0.6 is 15.6 Å². The van der Waals surface area contributed by atoms with Crippen molar-refractivity contribution >= 4 is 49.6 Å². The third-order valence-electron chi connectivity index (χ3n) is 7.68. The zero-order valence-corrected chi connectivity index (χ0v) is 25.1. The molecule has 4 bridgehead atoms. The van der Waals surface area contributed by atoms with Crippen LogP contribution in [-0.2, 0) is 36.7 Å². The number of pyridine rings is 1. The number of rotatable bonds is 2. The minimum Gasteiger partial charge on any atom is -0.397 e. The molecule has 46 heavy (non-hydrogen) atoms. The van der Waals surface area contributed by atoms with Crippen molar-refractivity contribution in [3.05, 3.63) is 35.3 Å². The third-order valence-corrected chi connectivity index (χ3v) is 9.77. The van der Waals surface area contributed by atoms with E-state index in [-0.39, 0.29) is 34.0 Å². The molecule has 3 saturated heterocycles. The number of aromatic nitrogens is 7. The smallest absolute Gasteiger partial charge is 0.397 e. The predicted molar refractivity (Wildman–Crippen MR) is 149 cm³/mol. The van der Waals surface area contributed by atoms with Crippen molar-refractivity contribution in [2.24, 2.45) is 0 Å². The van der Waals surface area contributed by atoms with Crippen LogP contribution in [0.25, 0.3) is 22.3 Å². The van der Waals surface area contributed by atoms with Crippen LogP contribution < -0.4 is 17.0 Å². The third kappa shape index (κ3) is 5.30. The first kappa shape index (κ1) is 31.2. The number of phosphoric ester groups is 2. The fourth-order valence-electron chi connectivity index (χ4n) is 5.64. The number of imidazole rings is 2. The Labute approximate surface area is 255 Å². The lowest BCUT2D eigenvalue weighted by Crippen LogP contribution is -2.40. The number of H-pyrrole nitrogens is 1. The Morgan fingerprint density at radius 1 is 0.957 bits per heavy atom. The van der Waals surface area contributed by atoms with Gasteiger partial charge in [-0.05, 0) is 13.0 Å². The van der Waals surface area contributed by atoms with Crippen LogP contribution in [0.4, 0.5) is 16.0 Å². The molecule has 0 amide bonds. The number of nitrogens with one attached hydrogen (secondary N) is 1. The van der Waals surface area contributed by atoms with E-state index in [2.05, 4.69) is 24.9 Å². The lowest BCUT2D eigenvalue weighted by Gasteiger charge is -2.28. The van der Waals surface area contributed by atoms with E-state index >= 15 is 4.39 Å². The van der Waals surface area contributed by atoms with Gasteiger partial charge in [0.25, 0.3) is 5.56 Å². The van der Waals surface area contributed by atoms with Gasteiger partial charge in [-0.1, -0.05) is 0 Å². The summed E-state index contributed by atoms with van der Waals surface area (Å²) in [5, 5.41) is 11.2. The Bertz CT molecular complexity index is 1980. The molecule has 4 aromatic heterocycles. The number of nitrogens with zero attached hydrogens (tertiary/aromatic N) is 6. The van der Waals surface area contributed by atoms with Crippen molar-refractivity contribution in [1.82, 2.24) is 34.1 Å². The zero-order valence-electron chi connectivity index (χ0n) is 23.3. The highest BCUT2D eigenvalue weighted by Gasteiger charge is 2.56. The summed E-state index contributed by atoms with van der Waals surface area (Å²) in [6.45, 7) is 0.286. The summed E-state index contributed by atoms with van der Waals surface area (Å²) in [6.07, 6.45) is -11.8. The number of fused-ring (bicyclic) bond motifs is 6. The van der Waals surface area contributed by atoms with Gasteiger partial charge in [0.2, 0.25) is 5.95 Å². The van der Waals surface area contributed by atoms with Crippen molar-refractivity contribution in [3.8, 4) is 0 Å². The zero-order chi connectivity index (χ0) is 32.7. The van der Waals surface area contributed by atoms with Gasteiger partial charge in [0.15, 0.2) is 35.4 Å². The van der Waals surface area contributed by atoms with Crippen molar-refractivity contribution < 1.29 is 56.0 Å². The molecule has 2 unspecified atom stereocenters. The summed E-state index contributed by atoms with van der Waals surface area (Å²) in [7, 11) is -10.4. The van der Waals surface area contributed by atoms with Gasteiger partial charge >= 0.3 is 15.6 Å². The molecule has 0 aliphatic carbocycles. The molecule has 3 aliphatic rings. The maximum atomic E-state index is 15.9. The number of phosphoric acid groups is 2. The number of nitrogens with two attached hydrogens (primary N) is 2. The maximum absolute atomic E-state index is 15.9. The summed E-state index contributed by atoms with van der Waals surface area (Å²) in [4.78, 5) is 52.3. The van der Waals surface area contributed by atoms with Crippen LogP contribution in [0, 0.1) is 0 Å². The number of aliphatic hydroxyl groups is 1. The molecule has 8 N–H and O–H groups in total. The number of ether oxygens (including phenoxy) is 2. The van der Waals surface area contributed by atoms with Crippen molar-refractivity contribution in [2.45, 2.75) is 62.2 Å². The molecule has 0 aromatic carbocycles. The monoisotopic (exact) mass is 689 g/mol. The molecule has 3 fully saturated rings. The number of nitrogen functional groups attached to an aromatic ring is 2. The van der Waals surface area contributed by atoms with Crippen LogP contribution in [0.1, 0.15) is 19.4 Å². The lowest BCUT2D eigenvalue weighted by atomic mass is 10.1. The van der Waals surface area contributed by atoms with Crippen molar-refractivity contribution in [2.75, 3.05) is 18.1 Å². The van der Waals surface area contributed by atoms with E-state index < -0.39 is 83.1 Å². The topological polar surface area (TPSA) is 297 Å². The molecule has 3 aliphatic heterocycles. The lowest BCUT2D eigenvalue weighted by molar-refractivity contribution is -0.0854. The summed E-state index contributed by atoms with van der Waals surface area (Å²) >= 11 is 0. The van der Waals surface area contributed by atoms with Crippen LogP contribution in [0.5, 0.6) is 0 Å². The van der Waals surface area contributed by atoms with Gasteiger partial charge in [0, 0.05) is 6.20 Å². The van der Waals surface area contributed by atoms with Gasteiger partial charge in [-0.2, -0.15) is 4.98 Å². The van der Waals surface area contributed by atoms with E-state index in [0.717, 1.165) is 10.9 Å². The molecular formula is C22H26FN9O12P2. The van der Waals surface area contributed by atoms with E-state index in [1.54, 1.807) is 0 Å². The Morgan fingerprint density at radius 3 is 2.39 bits per heavy atom. The summed E-state index contributed by atoms with van der Waals surface area (Å²) in [5.41, 5.74) is 11.1. The average molecular weight is 689 g/mol. The first-order valence-electron chi connectivity index (χ1n) is 13.5. The Kier molecular flexibility index (Phi) is 7.53. The number of aromatic amines is 1. The Hall–Kier alpha value is -3.40. The van der Waals surface area contributed by atoms with Crippen LogP contribution in [-0.4, -0.2) is 98.3 Å². The number of hydrogen-bond acceptors (Lipinski definition) is 16. The van der Waals surface area contributed by atoms with Crippen LogP contribution in [0.3, 0.4) is 0 Å². The van der Waals surface area contributed by atoms with Gasteiger partial charge < -0.3 is 35.8 Å². The molecule has 248 valence electrons. The van der Waals surface area contributed by atoms with E-state index in [1.165, 1.54) is 30.1 Å². The number of anilines is 2. The van der Waals surface area contributed by atoms with Crippen molar-refractivity contribution in [3.63, 3.8) is 0 Å². The molecule has 4 aromatic rings. The number of alkyl halides is 1. The van der Waals surface area contributed by atoms with Crippen LogP contribution in [0.15, 0.2) is 29.7 Å². The molecule has 7 heterocycles. The van der Waals surface area contributed by atoms with Crippen molar-refractivity contribution in [1.29, 1.82) is 0 Å². The van der Waals surface area contributed by atoms with Gasteiger partial charge in [0.1, 0.15) is 36.0 Å². The second kappa shape index (κ2) is 11.1. The molecule has 0 saturated carbocycles. The van der Waals surface area contributed by atoms with Gasteiger partial charge in [0.05, 0.1) is 31.1 Å². The second-order valence-electron chi connectivity index (χ2n) is 10.7. The van der Waals surface area contributed by atoms with Gasteiger partial charge in [-0.3, -0.25) is 37.0 Å². The summed E-state index contributed by atoms with van der Waals surface area (Å²) in [5.74, 6) is -0.317. The number of hydrogen-bond donors (Lipinski definition) is 6. The van der Waals surface area contributed by atoms with Gasteiger partial charge in [-0.15, -0.1) is 0 Å². The fraction of sp³-hybridized carbons (Fsp3) is 0.500. The first-order chi connectivity index (χ1) is 21.7.